The Morgan fingerprint density at radius 2 is 1.89 bits per heavy atom. The van der Waals surface area contributed by atoms with Crippen molar-refractivity contribution in [2.45, 2.75) is 58.9 Å². The summed E-state index contributed by atoms with van der Waals surface area (Å²) < 4.78 is 26.9. The van der Waals surface area contributed by atoms with Crippen LogP contribution in [0.5, 0.6) is 0 Å². The standard InChI is InChI=1S/C21H30F2N2O2/c1-4-6-11-25(15(3)5-2)20(26)16-9-12-24(13-10-16)21(27)18-8-7-17(22)14-19(18)23/h7-8,14-16H,4-6,9-13H2,1-3H3. The molecule has 0 saturated carbocycles. The number of rotatable bonds is 7. The van der Waals surface area contributed by atoms with Crippen LogP contribution >= 0.6 is 0 Å². The zero-order chi connectivity index (χ0) is 20.0. The first kappa shape index (κ1) is 21.3. The molecule has 1 atom stereocenters. The number of nitrogens with zero attached hydrogens (tertiary/aromatic N) is 2. The second kappa shape index (κ2) is 9.81. The third-order valence-electron chi connectivity index (χ3n) is 5.45. The number of carbonyl (C=O) groups is 2. The molecule has 0 radical (unpaired) electrons. The Labute approximate surface area is 160 Å². The minimum atomic E-state index is -0.847. The number of hydrogen-bond donors (Lipinski definition) is 0. The van der Waals surface area contributed by atoms with E-state index in [1.54, 1.807) is 4.90 Å². The molecule has 1 fully saturated rings. The predicted octanol–water partition coefficient (Wildman–Crippen LogP) is 4.24. The second-order valence-electron chi connectivity index (χ2n) is 7.33. The fourth-order valence-corrected chi connectivity index (χ4v) is 3.49. The van der Waals surface area contributed by atoms with Crippen LogP contribution in [-0.2, 0) is 4.79 Å². The number of hydrogen-bond acceptors (Lipinski definition) is 2. The lowest BCUT2D eigenvalue weighted by Gasteiger charge is -2.36. The molecule has 1 saturated heterocycles. The minimum Gasteiger partial charge on any atom is -0.340 e. The fourth-order valence-electron chi connectivity index (χ4n) is 3.49. The van der Waals surface area contributed by atoms with E-state index in [0.717, 1.165) is 37.9 Å². The van der Waals surface area contributed by atoms with E-state index in [-0.39, 0.29) is 23.4 Å². The van der Waals surface area contributed by atoms with Gasteiger partial charge in [-0.1, -0.05) is 20.3 Å². The molecule has 1 aromatic carbocycles. The van der Waals surface area contributed by atoms with Crippen LogP contribution in [0.15, 0.2) is 18.2 Å². The minimum absolute atomic E-state index is 0.0991. The van der Waals surface area contributed by atoms with Gasteiger partial charge < -0.3 is 9.80 Å². The summed E-state index contributed by atoms with van der Waals surface area (Å²) in [6.07, 6.45) is 4.09. The molecule has 1 aliphatic rings. The van der Waals surface area contributed by atoms with E-state index in [2.05, 4.69) is 20.8 Å². The summed E-state index contributed by atoms with van der Waals surface area (Å²) in [6.45, 7) is 7.85. The third-order valence-corrected chi connectivity index (χ3v) is 5.45. The number of amides is 2. The molecule has 0 N–H and O–H groups in total. The highest BCUT2D eigenvalue weighted by Crippen LogP contribution is 2.24. The Morgan fingerprint density at radius 3 is 2.44 bits per heavy atom. The summed E-state index contributed by atoms with van der Waals surface area (Å²) in [4.78, 5) is 29.0. The molecule has 27 heavy (non-hydrogen) atoms. The monoisotopic (exact) mass is 380 g/mol. The molecule has 1 aromatic rings. The molecule has 2 amide bonds. The van der Waals surface area contributed by atoms with E-state index in [0.29, 0.717) is 25.9 Å². The lowest BCUT2D eigenvalue weighted by atomic mass is 9.93. The van der Waals surface area contributed by atoms with Crippen LogP contribution in [0, 0.1) is 17.6 Å². The van der Waals surface area contributed by atoms with Crippen molar-refractivity contribution in [2.24, 2.45) is 5.92 Å². The van der Waals surface area contributed by atoms with Gasteiger partial charge in [0.15, 0.2) is 0 Å². The van der Waals surface area contributed by atoms with E-state index < -0.39 is 17.5 Å². The van der Waals surface area contributed by atoms with Crippen LogP contribution < -0.4 is 0 Å². The maximum absolute atomic E-state index is 13.9. The van der Waals surface area contributed by atoms with Crippen molar-refractivity contribution >= 4 is 11.8 Å². The molecule has 0 aromatic heterocycles. The molecule has 0 spiro atoms. The summed E-state index contributed by atoms with van der Waals surface area (Å²) in [5.41, 5.74) is -0.120. The zero-order valence-electron chi connectivity index (χ0n) is 16.5. The van der Waals surface area contributed by atoms with E-state index in [4.69, 9.17) is 0 Å². The molecular formula is C21H30F2N2O2. The van der Waals surface area contributed by atoms with Gasteiger partial charge in [0.2, 0.25) is 5.91 Å². The molecule has 1 heterocycles. The first-order valence-corrected chi connectivity index (χ1v) is 9.93. The largest absolute Gasteiger partial charge is 0.340 e. The van der Waals surface area contributed by atoms with Gasteiger partial charge in [0.1, 0.15) is 11.6 Å². The number of piperidine rings is 1. The highest BCUT2D eigenvalue weighted by molar-refractivity contribution is 5.94. The van der Waals surface area contributed by atoms with Gasteiger partial charge in [-0.25, -0.2) is 8.78 Å². The third kappa shape index (κ3) is 5.27. The van der Waals surface area contributed by atoms with Crippen molar-refractivity contribution in [3.8, 4) is 0 Å². The smallest absolute Gasteiger partial charge is 0.256 e. The first-order chi connectivity index (χ1) is 12.9. The Morgan fingerprint density at radius 1 is 1.22 bits per heavy atom. The zero-order valence-corrected chi connectivity index (χ0v) is 16.5. The van der Waals surface area contributed by atoms with Crippen molar-refractivity contribution in [3.05, 3.63) is 35.4 Å². The molecule has 4 nitrogen and oxygen atoms in total. The summed E-state index contributed by atoms with van der Waals surface area (Å²) in [5, 5.41) is 0. The van der Waals surface area contributed by atoms with Gasteiger partial charge in [-0.3, -0.25) is 9.59 Å². The molecule has 0 bridgehead atoms. The Kier molecular flexibility index (Phi) is 7.75. The van der Waals surface area contributed by atoms with Gasteiger partial charge >= 0.3 is 0 Å². The Bertz CT molecular complexity index is 658. The normalized spacial score (nSPS) is 16.3. The molecule has 2 rings (SSSR count). The number of benzene rings is 1. The molecule has 1 aliphatic heterocycles. The maximum atomic E-state index is 13.9. The van der Waals surface area contributed by atoms with Crippen LogP contribution in [0.4, 0.5) is 8.78 Å². The van der Waals surface area contributed by atoms with Crippen LogP contribution in [0.2, 0.25) is 0 Å². The fraction of sp³-hybridized carbons (Fsp3) is 0.619. The number of unbranched alkanes of at least 4 members (excludes halogenated alkanes) is 1. The predicted molar refractivity (Wildman–Crippen MR) is 101 cm³/mol. The lowest BCUT2D eigenvalue weighted by Crippen LogP contribution is -2.47. The van der Waals surface area contributed by atoms with Crippen LogP contribution in [0.3, 0.4) is 0 Å². The van der Waals surface area contributed by atoms with Crippen molar-refractivity contribution in [1.82, 2.24) is 9.80 Å². The van der Waals surface area contributed by atoms with Gasteiger partial charge in [-0.2, -0.15) is 0 Å². The summed E-state index contributed by atoms with van der Waals surface area (Å²) in [5.74, 6) is -1.93. The average molecular weight is 380 g/mol. The van der Waals surface area contributed by atoms with Crippen molar-refractivity contribution in [2.75, 3.05) is 19.6 Å². The van der Waals surface area contributed by atoms with E-state index in [9.17, 15) is 18.4 Å². The summed E-state index contributed by atoms with van der Waals surface area (Å²) in [7, 11) is 0. The van der Waals surface area contributed by atoms with E-state index in [1.807, 2.05) is 4.90 Å². The van der Waals surface area contributed by atoms with Gasteiger partial charge in [0, 0.05) is 37.7 Å². The lowest BCUT2D eigenvalue weighted by molar-refractivity contribution is -0.139. The SMILES string of the molecule is CCCCN(C(=O)C1CCN(C(=O)c2ccc(F)cc2F)CC1)C(C)CC. The number of likely N-dealkylation sites (tertiary alicyclic amines) is 1. The average Bonchev–Trinajstić information content (AvgIpc) is 2.67. The van der Waals surface area contributed by atoms with Crippen LogP contribution in [-0.4, -0.2) is 47.3 Å². The van der Waals surface area contributed by atoms with E-state index in [1.165, 1.54) is 6.07 Å². The molecule has 150 valence electrons. The van der Waals surface area contributed by atoms with Crippen molar-refractivity contribution in [1.29, 1.82) is 0 Å². The molecule has 1 unspecified atom stereocenters. The first-order valence-electron chi connectivity index (χ1n) is 9.93. The second-order valence-corrected chi connectivity index (χ2v) is 7.33. The highest BCUT2D eigenvalue weighted by atomic mass is 19.1. The van der Waals surface area contributed by atoms with Crippen LogP contribution in [0.25, 0.3) is 0 Å². The number of halogens is 2. The van der Waals surface area contributed by atoms with Crippen molar-refractivity contribution < 1.29 is 18.4 Å². The number of carbonyl (C=O) groups excluding carboxylic acids is 2. The quantitative estimate of drug-likeness (QED) is 0.710. The molecule has 6 heteroatoms. The Hall–Kier alpha value is -1.98. The Balaban J connectivity index is 1.98. The maximum Gasteiger partial charge on any atom is 0.256 e. The van der Waals surface area contributed by atoms with E-state index >= 15 is 0 Å². The van der Waals surface area contributed by atoms with Crippen LogP contribution in [0.1, 0.15) is 63.2 Å². The van der Waals surface area contributed by atoms with Gasteiger partial charge in [-0.15, -0.1) is 0 Å². The molecular weight excluding hydrogens is 350 g/mol. The summed E-state index contributed by atoms with van der Waals surface area (Å²) in [6, 6.07) is 3.20. The van der Waals surface area contributed by atoms with Gasteiger partial charge in [0.25, 0.3) is 5.91 Å². The summed E-state index contributed by atoms with van der Waals surface area (Å²) >= 11 is 0. The topological polar surface area (TPSA) is 40.6 Å². The van der Waals surface area contributed by atoms with Gasteiger partial charge in [0.05, 0.1) is 5.56 Å². The van der Waals surface area contributed by atoms with Crippen molar-refractivity contribution in [3.63, 3.8) is 0 Å². The highest BCUT2D eigenvalue weighted by Gasteiger charge is 2.32. The molecule has 0 aliphatic carbocycles. The van der Waals surface area contributed by atoms with Gasteiger partial charge in [-0.05, 0) is 44.7 Å².